The second-order valence-corrected chi connectivity index (χ2v) is 6.55. The number of fused-ring (bicyclic) bond motifs is 3. The molecule has 24 heavy (non-hydrogen) atoms. The minimum Gasteiger partial charge on any atom is -0.370 e. The zero-order valence-corrected chi connectivity index (χ0v) is 13.7. The molecule has 0 unspecified atom stereocenters. The van der Waals surface area contributed by atoms with E-state index in [-0.39, 0.29) is 18.1 Å². The summed E-state index contributed by atoms with van der Waals surface area (Å²) >= 11 is 0. The molecular formula is C18H22N4O2. The summed E-state index contributed by atoms with van der Waals surface area (Å²) in [6, 6.07) is 10.4. The molecule has 3 heterocycles. The van der Waals surface area contributed by atoms with Crippen LogP contribution >= 0.6 is 0 Å². The van der Waals surface area contributed by atoms with Crippen molar-refractivity contribution in [1.29, 1.82) is 0 Å². The number of carbonyl (C=O) groups excluding carboxylic acids is 1. The number of rotatable bonds is 4. The number of carbonyl (C=O) groups is 1. The molecule has 2 aromatic rings. The maximum atomic E-state index is 12.6. The van der Waals surface area contributed by atoms with Gasteiger partial charge in [0.1, 0.15) is 0 Å². The minimum absolute atomic E-state index is 0.100. The third-order valence-corrected chi connectivity index (χ3v) is 4.98. The van der Waals surface area contributed by atoms with Crippen LogP contribution in [-0.4, -0.2) is 45.0 Å². The SMILES string of the molecule is O=C(CCCc1ccccc1)N1CC[C@H]2OCc3cnnn3[C@H]2C1. The molecule has 126 valence electrons. The van der Waals surface area contributed by atoms with Crippen LogP contribution in [0, 0.1) is 0 Å². The molecule has 1 aromatic carbocycles. The maximum Gasteiger partial charge on any atom is 0.222 e. The molecule has 2 atom stereocenters. The number of aromatic nitrogens is 3. The molecule has 6 nitrogen and oxygen atoms in total. The van der Waals surface area contributed by atoms with Crippen molar-refractivity contribution < 1.29 is 9.53 Å². The number of amides is 1. The topological polar surface area (TPSA) is 60.3 Å². The molecule has 1 saturated heterocycles. The van der Waals surface area contributed by atoms with Crippen molar-refractivity contribution in [2.24, 2.45) is 0 Å². The zero-order chi connectivity index (χ0) is 16.4. The molecule has 1 aromatic heterocycles. The lowest BCUT2D eigenvalue weighted by atomic mass is 9.99. The molecule has 6 heteroatoms. The molecule has 0 N–H and O–H groups in total. The molecule has 0 saturated carbocycles. The van der Waals surface area contributed by atoms with Gasteiger partial charge in [0.25, 0.3) is 0 Å². The van der Waals surface area contributed by atoms with Crippen LogP contribution in [0.2, 0.25) is 0 Å². The number of hydrogen-bond acceptors (Lipinski definition) is 4. The number of ether oxygens (including phenoxy) is 1. The van der Waals surface area contributed by atoms with Crippen LogP contribution in [0.1, 0.15) is 36.6 Å². The van der Waals surface area contributed by atoms with E-state index in [1.165, 1.54) is 5.56 Å². The number of likely N-dealkylation sites (tertiary alicyclic amines) is 1. The van der Waals surface area contributed by atoms with Gasteiger partial charge in [-0.25, -0.2) is 4.68 Å². The van der Waals surface area contributed by atoms with E-state index < -0.39 is 0 Å². The number of aryl methyl sites for hydroxylation is 1. The molecular weight excluding hydrogens is 304 g/mol. The van der Waals surface area contributed by atoms with Gasteiger partial charge < -0.3 is 9.64 Å². The smallest absolute Gasteiger partial charge is 0.222 e. The first-order valence-corrected chi connectivity index (χ1v) is 8.63. The lowest BCUT2D eigenvalue weighted by Crippen LogP contribution is -2.49. The van der Waals surface area contributed by atoms with Crippen LogP contribution < -0.4 is 0 Å². The third-order valence-electron chi connectivity index (χ3n) is 4.98. The second kappa shape index (κ2) is 6.73. The highest BCUT2D eigenvalue weighted by Gasteiger charge is 2.37. The summed E-state index contributed by atoms with van der Waals surface area (Å²) in [6.45, 7) is 2.01. The molecule has 0 bridgehead atoms. The van der Waals surface area contributed by atoms with Gasteiger partial charge in [0.15, 0.2) is 0 Å². The van der Waals surface area contributed by atoms with E-state index in [1.807, 2.05) is 27.8 Å². The zero-order valence-electron chi connectivity index (χ0n) is 13.7. The predicted octanol–water partition coefficient (Wildman–Crippen LogP) is 1.97. The van der Waals surface area contributed by atoms with Gasteiger partial charge in [-0.15, -0.1) is 5.10 Å². The molecule has 2 aliphatic heterocycles. The Morgan fingerprint density at radius 2 is 2.17 bits per heavy atom. The Balaban J connectivity index is 1.33. The standard InChI is InChI=1S/C18H22N4O2/c23-18(8-4-7-14-5-2-1-3-6-14)21-10-9-17-16(12-21)22-15(13-24-17)11-19-20-22/h1-3,5-6,11,16-17H,4,7-10,12-13H2/t16-,17+/m0/s1. The third kappa shape index (κ3) is 3.06. The Bertz CT molecular complexity index is 700. The van der Waals surface area contributed by atoms with E-state index in [1.54, 1.807) is 6.20 Å². The summed E-state index contributed by atoms with van der Waals surface area (Å²) < 4.78 is 7.84. The largest absolute Gasteiger partial charge is 0.370 e. The summed E-state index contributed by atoms with van der Waals surface area (Å²) in [5.41, 5.74) is 2.28. The number of piperidine rings is 1. The van der Waals surface area contributed by atoms with Crippen LogP contribution in [0.5, 0.6) is 0 Å². The lowest BCUT2D eigenvalue weighted by Gasteiger charge is -2.41. The van der Waals surface area contributed by atoms with E-state index in [0.717, 1.165) is 31.5 Å². The van der Waals surface area contributed by atoms with E-state index in [0.29, 0.717) is 19.6 Å². The fraction of sp³-hybridized carbons (Fsp3) is 0.500. The van der Waals surface area contributed by atoms with Crippen LogP contribution in [0.4, 0.5) is 0 Å². The van der Waals surface area contributed by atoms with E-state index in [9.17, 15) is 4.79 Å². The monoisotopic (exact) mass is 326 g/mol. The molecule has 0 spiro atoms. The first kappa shape index (κ1) is 15.3. The van der Waals surface area contributed by atoms with E-state index >= 15 is 0 Å². The first-order valence-electron chi connectivity index (χ1n) is 8.63. The number of benzene rings is 1. The van der Waals surface area contributed by atoms with E-state index in [4.69, 9.17) is 4.74 Å². The van der Waals surface area contributed by atoms with Gasteiger partial charge in [-0.1, -0.05) is 35.5 Å². The van der Waals surface area contributed by atoms with Crippen LogP contribution in [0.15, 0.2) is 36.5 Å². The molecule has 0 radical (unpaired) electrons. The maximum absolute atomic E-state index is 12.6. The van der Waals surface area contributed by atoms with Gasteiger partial charge >= 0.3 is 0 Å². The summed E-state index contributed by atoms with van der Waals surface area (Å²) in [4.78, 5) is 14.5. The highest BCUT2D eigenvalue weighted by Crippen LogP contribution is 2.30. The van der Waals surface area contributed by atoms with Crippen molar-refractivity contribution in [2.75, 3.05) is 13.1 Å². The average molecular weight is 326 g/mol. The number of nitrogens with zero attached hydrogens (tertiary/aromatic N) is 4. The van der Waals surface area contributed by atoms with Crippen molar-refractivity contribution in [3.63, 3.8) is 0 Å². The fourth-order valence-corrected chi connectivity index (χ4v) is 3.65. The fourth-order valence-electron chi connectivity index (χ4n) is 3.65. The Morgan fingerprint density at radius 1 is 1.29 bits per heavy atom. The molecule has 1 amide bonds. The van der Waals surface area contributed by atoms with Gasteiger partial charge in [0.05, 0.1) is 30.6 Å². The summed E-state index contributed by atoms with van der Waals surface area (Å²) in [5, 5.41) is 8.16. The first-order chi connectivity index (χ1) is 11.8. The van der Waals surface area contributed by atoms with Crippen molar-refractivity contribution in [3.05, 3.63) is 47.8 Å². The van der Waals surface area contributed by atoms with Crippen molar-refractivity contribution in [2.45, 2.75) is 44.4 Å². The Kier molecular flexibility index (Phi) is 4.30. The highest BCUT2D eigenvalue weighted by molar-refractivity contribution is 5.76. The lowest BCUT2D eigenvalue weighted by molar-refractivity contribution is -0.138. The second-order valence-electron chi connectivity index (χ2n) is 6.55. The van der Waals surface area contributed by atoms with Gasteiger partial charge in [0.2, 0.25) is 5.91 Å². The average Bonchev–Trinajstić information content (AvgIpc) is 3.11. The minimum atomic E-state index is 0.100. The molecule has 0 aliphatic carbocycles. The Hall–Kier alpha value is -2.21. The normalized spacial score (nSPS) is 22.8. The van der Waals surface area contributed by atoms with Gasteiger partial charge in [-0.05, 0) is 24.8 Å². The van der Waals surface area contributed by atoms with Gasteiger partial charge in [0, 0.05) is 19.5 Å². The quantitative estimate of drug-likeness (QED) is 0.862. The predicted molar refractivity (Wildman–Crippen MR) is 88.2 cm³/mol. The molecule has 1 fully saturated rings. The van der Waals surface area contributed by atoms with Crippen molar-refractivity contribution in [1.82, 2.24) is 19.9 Å². The van der Waals surface area contributed by atoms with Crippen molar-refractivity contribution in [3.8, 4) is 0 Å². The molecule has 4 rings (SSSR count). The highest BCUT2D eigenvalue weighted by atomic mass is 16.5. The van der Waals surface area contributed by atoms with E-state index in [2.05, 4.69) is 22.4 Å². The van der Waals surface area contributed by atoms with Crippen molar-refractivity contribution >= 4 is 5.91 Å². The Labute approximate surface area is 141 Å². The van der Waals surface area contributed by atoms with Gasteiger partial charge in [-0.2, -0.15) is 0 Å². The van der Waals surface area contributed by atoms with Crippen LogP contribution in [0.3, 0.4) is 0 Å². The van der Waals surface area contributed by atoms with Gasteiger partial charge in [-0.3, -0.25) is 4.79 Å². The summed E-state index contributed by atoms with van der Waals surface area (Å²) in [6.07, 6.45) is 5.19. The Morgan fingerprint density at radius 3 is 3.04 bits per heavy atom. The van der Waals surface area contributed by atoms with Crippen LogP contribution in [-0.2, 0) is 22.6 Å². The molecule has 2 aliphatic rings. The number of hydrogen-bond donors (Lipinski definition) is 0. The van der Waals surface area contributed by atoms with Crippen LogP contribution in [0.25, 0.3) is 0 Å². The summed E-state index contributed by atoms with van der Waals surface area (Å²) in [7, 11) is 0. The summed E-state index contributed by atoms with van der Waals surface area (Å²) in [5.74, 6) is 0.233.